The average molecular weight is 277 g/mol. The monoisotopic (exact) mass is 277 g/mol. The van der Waals surface area contributed by atoms with E-state index in [4.69, 9.17) is 9.26 Å². The Kier molecular flexibility index (Phi) is 3.79. The van der Waals surface area contributed by atoms with Crippen LogP contribution in [0.1, 0.15) is 30.4 Å². The predicted octanol–water partition coefficient (Wildman–Crippen LogP) is 1.17. The molecule has 2 aromatic rings. The van der Waals surface area contributed by atoms with Crippen LogP contribution in [0.25, 0.3) is 0 Å². The van der Waals surface area contributed by atoms with Crippen LogP contribution in [0, 0.1) is 6.92 Å². The highest BCUT2D eigenvalue weighted by Crippen LogP contribution is 2.24. The van der Waals surface area contributed by atoms with Crippen LogP contribution in [0.5, 0.6) is 0 Å². The van der Waals surface area contributed by atoms with Gasteiger partial charge in [0.1, 0.15) is 6.04 Å². The van der Waals surface area contributed by atoms with Gasteiger partial charge in [-0.3, -0.25) is 9.58 Å². The first-order valence-electron chi connectivity index (χ1n) is 6.90. The maximum Gasteiger partial charge on any atom is 0.246 e. The van der Waals surface area contributed by atoms with Crippen LogP contribution in [0.3, 0.4) is 0 Å². The summed E-state index contributed by atoms with van der Waals surface area (Å²) >= 11 is 0. The molecule has 3 rings (SSSR count). The summed E-state index contributed by atoms with van der Waals surface area (Å²) in [4.78, 5) is 6.64. The van der Waals surface area contributed by atoms with Gasteiger partial charge in [0, 0.05) is 25.8 Å². The molecule has 0 aromatic carbocycles. The van der Waals surface area contributed by atoms with Gasteiger partial charge in [0.05, 0.1) is 18.9 Å². The van der Waals surface area contributed by atoms with E-state index in [1.54, 1.807) is 0 Å². The van der Waals surface area contributed by atoms with Crippen molar-refractivity contribution in [3.8, 4) is 0 Å². The van der Waals surface area contributed by atoms with Crippen molar-refractivity contribution in [2.45, 2.75) is 33.0 Å². The van der Waals surface area contributed by atoms with E-state index in [1.807, 2.05) is 17.8 Å². The first-order valence-corrected chi connectivity index (χ1v) is 6.90. The van der Waals surface area contributed by atoms with Crippen molar-refractivity contribution in [2.75, 3.05) is 19.8 Å². The maximum absolute atomic E-state index is 5.56. The molecule has 0 unspecified atom stereocenters. The lowest BCUT2D eigenvalue weighted by molar-refractivity contribution is -0.0251. The number of hydrogen-bond donors (Lipinski definition) is 0. The van der Waals surface area contributed by atoms with E-state index in [0.717, 1.165) is 26.2 Å². The normalized spacial score (nSPS) is 20.4. The third-order valence-corrected chi connectivity index (χ3v) is 3.54. The van der Waals surface area contributed by atoms with Gasteiger partial charge in [-0.2, -0.15) is 10.1 Å². The molecule has 3 heterocycles. The van der Waals surface area contributed by atoms with Gasteiger partial charge in [0.2, 0.25) is 5.89 Å². The molecular formula is C13H19N5O2. The second-order valence-corrected chi connectivity index (χ2v) is 4.88. The van der Waals surface area contributed by atoms with Crippen LogP contribution in [0.4, 0.5) is 0 Å². The van der Waals surface area contributed by atoms with Crippen LogP contribution in [0.2, 0.25) is 0 Å². The zero-order valence-corrected chi connectivity index (χ0v) is 11.8. The molecule has 0 saturated carbocycles. The second kappa shape index (κ2) is 5.72. The lowest BCUT2D eigenvalue weighted by Crippen LogP contribution is -2.39. The van der Waals surface area contributed by atoms with Gasteiger partial charge in [0.15, 0.2) is 5.82 Å². The van der Waals surface area contributed by atoms with E-state index in [0.29, 0.717) is 18.3 Å². The van der Waals surface area contributed by atoms with E-state index >= 15 is 0 Å². The molecule has 7 heteroatoms. The molecule has 2 aromatic heterocycles. The summed E-state index contributed by atoms with van der Waals surface area (Å²) in [6.45, 7) is 7.76. The summed E-state index contributed by atoms with van der Waals surface area (Å²) < 4.78 is 12.9. The highest BCUT2D eigenvalue weighted by molar-refractivity contribution is 5.03. The Bertz CT molecular complexity index is 565. The first-order chi connectivity index (χ1) is 9.78. The summed E-state index contributed by atoms with van der Waals surface area (Å²) in [5.41, 5.74) is 1.19. The standard InChI is InChI=1S/C13H19N5O2/c1-3-18-11(4-5-14-18)8-17-6-7-19-9-12(17)13-15-10(2)16-20-13/h4-5,12H,3,6-9H2,1-2H3/t12-/m1/s1. The number of ether oxygens (including phenoxy) is 1. The smallest absolute Gasteiger partial charge is 0.246 e. The van der Waals surface area contributed by atoms with Crippen molar-refractivity contribution >= 4 is 0 Å². The van der Waals surface area contributed by atoms with Crippen LogP contribution < -0.4 is 0 Å². The minimum Gasteiger partial charge on any atom is -0.378 e. The second-order valence-electron chi connectivity index (χ2n) is 4.88. The molecular weight excluding hydrogens is 258 g/mol. The third-order valence-electron chi connectivity index (χ3n) is 3.54. The lowest BCUT2D eigenvalue weighted by atomic mass is 10.2. The van der Waals surface area contributed by atoms with E-state index in [2.05, 4.69) is 33.1 Å². The molecule has 108 valence electrons. The van der Waals surface area contributed by atoms with Crippen molar-refractivity contribution in [3.63, 3.8) is 0 Å². The molecule has 1 saturated heterocycles. The van der Waals surface area contributed by atoms with Gasteiger partial charge < -0.3 is 9.26 Å². The number of morpholine rings is 1. The Morgan fingerprint density at radius 2 is 2.35 bits per heavy atom. The fraction of sp³-hybridized carbons (Fsp3) is 0.615. The average Bonchev–Trinajstić information content (AvgIpc) is 3.08. The zero-order chi connectivity index (χ0) is 13.9. The molecule has 1 fully saturated rings. The Labute approximate surface area is 117 Å². The number of aromatic nitrogens is 4. The zero-order valence-electron chi connectivity index (χ0n) is 11.8. The van der Waals surface area contributed by atoms with Gasteiger partial charge in [-0.15, -0.1) is 0 Å². The molecule has 0 bridgehead atoms. The highest BCUT2D eigenvalue weighted by atomic mass is 16.5. The maximum atomic E-state index is 5.56. The predicted molar refractivity (Wildman–Crippen MR) is 70.9 cm³/mol. The molecule has 0 radical (unpaired) electrons. The largest absolute Gasteiger partial charge is 0.378 e. The molecule has 1 aliphatic rings. The molecule has 0 amide bonds. The SMILES string of the molecule is CCn1nccc1CN1CCOC[C@@H]1c1nc(C)no1. The summed E-state index contributed by atoms with van der Waals surface area (Å²) in [6.07, 6.45) is 1.84. The van der Waals surface area contributed by atoms with Gasteiger partial charge in [0.25, 0.3) is 0 Å². The van der Waals surface area contributed by atoms with Crippen LogP contribution in [-0.4, -0.2) is 44.6 Å². The molecule has 7 nitrogen and oxygen atoms in total. The lowest BCUT2D eigenvalue weighted by Gasteiger charge is -2.33. The van der Waals surface area contributed by atoms with Crippen LogP contribution in [-0.2, 0) is 17.8 Å². The van der Waals surface area contributed by atoms with Crippen molar-refractivity contribution in [1.29, 1.82) is 0 Å². The van der Waals surface area contributed by atoms with E-state index < -0.39 is 0 Å². The minimum absolute atomic E-state index is 0.0187. The van der Waals surface area contributed by atoms with Crippen molar-refractivity contribution in [1.82, 2.24) is 24.8 Å². The number of hydrogen-bond acceptors (Lipinski definition) is 6. The molecule has 1 aliphatic heterocycles. The van der Waals surface area contributed by atoms with E-state index in [9.17, 15) is 0 Å². The molecule has 0 aliphatic carbocycles. The number of nitrogens with zero attached hydrogens (tertiary/aromatic N) is 5. The molecule has 20 heavy (non-hydrogen) atoms. The van der Waals surface area contributed by atoms with Gasteiger partial charge in [-0.05, 0) is 19.9 Å². The number of rotatable bonds is 4. The van der Waals surface area contributed by atoms with Crippen molar-refractivity contribution in [3.05, 3.63) is 29.7 Å². The first kappa shape index (κ1) is 13.3. The summed E-state index contributed by atoms with van der Waals surface area (Å²) in [5.74, 6) is 1.29. The topological polar surface area (TPSA) is 69.2 Å². The highest BCUT2D eigenvalue weighted by Gasteiger charge is 2.29. The summed E-state index contributed by atoms with van der Waals surface area (Å²) in [7, 11) is 0. The summed E-state index contributed by atoms with van der Waals surface area (Å²) in [6, 6.07) is 2.07. The van der Waals surface area contributed by atoms with Gasteiger partial charge >= 0.3 is 0 Å². The third kappa shape index (κ3) is 2.59. The van der Waals surface area contributed by atoms with E-state index in [-0.39, 0.29) is 6.04 Å². The fourth-order valence-electron chi connectivity index (χ4n) is 2.49. The minimum atomic E-state index is 0.0187. The Morgan fingerprint density at radius 1 is 1.45 bits per heavy atom. The summed E-state index contributed by atoms with van der Waals surface area (Å²) in [5, 5.41) is 8.18. The quantitative estimate of drug-likeness (QED) is 0.835. The van der Waals surface area contributed by atoms with Crippen molar-refractivity contribution < 1.29 is 9.26 Å². The fourth-order valence-corrected chi connectivity index (χ4v) is 2.49. The Hall–Kier alpha value is -1.73. The molecule has 1 atom stereocenters. The van der Waals surface area contributed by atoms with Crippen LogP contribution in [0.15, 0.2) is 16.8 Å². The van der Waals surface area contributed by atoms with Gasteiger partial charge in [-0.25, -0.2) is 0 Å². The molecule has 0 N–H and O–H groups in total. The van der Waals surface area contributed by atoms with Crippen LogP contribution >= 0.6 is 0 Å². The van der Waals surface area contributed by atoms with E-state index in [1.165, 1.54) is 5.69 Å². The number of aryl methyl sites for hydroxylation is 2. The Morgan fingerprint density at radius 3 is 3.10 bits per heavy atom. The van der Waals surface area contributed by atoms with Crippen molar-refractivity contribution in [2.24, 2.45) is 0 Å². The molecule has 0 spiro atoms. The van der Waals surface area contributed by atoms with Gasteiger partial charge in [-0.1, -0.05) is 5.16 Å². The Balaban J connectivity index is 1.79.